The van der Waals surface area contributed by atoms with Crippen LogP contribution >= 0.6 is 11.6 Å². The summed E-state index contributed by atoms with van der Waals surface area (Å²) < 4.78 is 0. The van der Waals surface area contributed by atoms with Crippen LogP contribution in [0, 0.1) is 0 Å². The van der Waals surface area contributed by atoms with Crippen LogP contribution in [-0.2, 0) is 11.3 Å². The number of carbonyl (C=O) groups is 1. The predicted molar refractivity (Wildman–Crippen MR) is 83.3 cm³/mol. The van der Waals surface area contributed by atoms with Gasteiger partial charge >= 0.3 is 0 Å². The smallest absolute Gasteiger partial charge is 0.258 e. The van der Waals surface area contributed by atoms with Crippen molar-refractivity contribution in [1.82, 2.24) is 14.9 Å². The Morgan fingerprint density at radius 2 is 2.29 bits per heavy atom. The highest BCUT2D eigenvalue weighted by Crippen LogP contribution is 2.15. The number of rotatable bonds is 5. The Hall–Kier alpha value is -2.14. The minimum atomic E-state index is -0.242. The van der Waals surface area contributed by atoms with Crippen LogP contribution in [0.25, 0.3) is 10.9 Å². The summed E-state index contributed by atoms with van der Waals surface area (Å²) in [5.74, 6) is 0.240. The van der Waals surface area contributed by atoms with E-state index in [2.05, 4.69) is 16.5 Å². The Kier molecular flexibility index (Phi) is 4.75. The molecule has 1 aromatic heterocycles. The molecule has 0 radical (unpaired) electrons. The first-order chi connectivity index (χ1) is 10.0. The number of carbonyl (C=O) groups excluding carboxylic acids is 1. The molecule has 0 saturated carbocycles. The number of H-pyrrole nitrogens is 1. The van der Waals surface area contributed by atoms with Crippen LogP contribution in [0.5, 0.6) is 0 Å². The lowest BCUT2D eigenvalue weighted by atomic mass is 10.2. The monoisotopic (exact) mass is 305 g/mol. The third-order valence-corrected chi connectivity index (χ3v) is 3.27. The zero-order valence-corrected chi connectivity index (χ0v) is 12.5. The van der Waals surface area contributed by atoms with Crippen molar-refractivity contribution in [3.05, 3.63) is 52.1 Å². The first kappa shape index (κ1) is 15.3. The Morgan fingerprint density at radius 3 is 2.95 bits per heavy atom. The van der Waals surface area contributed by atoms with Gasteiger partial charge in [0, 0.05) is 11.6 Å². The average molecular weight is 306 g/mol. The SMILES string of the molecule is C=CC(=O)N(CCC)Cc1nc2cc(Cl)ccc2c(=O)[nH]1. The van der Waals surface area contributed by atoms with Gasteiger partial charge in [-0.2, -0.15) is 0 Å². The highest BCUT2D eigenvalue weighted by Gasteiger charge is 2.12. The summed E-state index contributed by atoms with van der Waals surface area (Å²) in [5, 5.41) is 0.986. The summed E-state index contributed by atoms with van der Waals surface area (Å²) in [5.41, 5.74) is 0.276. The third-order valence-electron chi connectivity index (χ3n) is 3.04. The predicted octanol–water partition coefficient (Wildman–Crippen LogP) is 2.50. The molecule has 1 amide bonds. The zero-order valence-electron chi connectivity index (χ0n) is 11.7. The van der Waals surface area contributed by atoms with Gasteiger partial charge in [0.25, 0.3) is 5.56 Å². The van der Waals surface area contributed by atoms with Crippen LogP contribution in [0.15, 0.2) is 35.6 Å². The molecule has 5 nitrogen and oxygen atoms in total. The highest BCUT2D eigenvalue weighted by molar-refractivity contribution is 6.31. The minimum absolute atomic E-state index is 0.189. The van der Waals surface area contributed by atoms with Crippen LogP contribution in [0.4, 0.5) is 0 Å². The quantitative estimate of drug-likeness (QED) is 0.863. The van der Waals surface area contributed by atoms with E-state index in [1.807, 2.05) is 6.92 Å². The van der Waals surface area contributed by atoms with Gasteiger partial charge in [0.2, 0.25) is 5.91 Å². The fourth-order valence-electron chi connectivity index (χ4n) is 2.08. The summed E-state index contributed by atoms with van der Waals surface area (Å²) in [6.07, 6.45) is 2.06. The maximum Gasteiger partial charge on any atom is 0.258 e. The molecule has 6 heteroatoms. The van der Waals surface area contributed by atoms with Crippen molar-refractivity contribution in [3.63, 3.8) is 0 Å². The van der Waals surface area contributed by atoms with E-state index in [9.17, 15) is 9.59 Å². The van der Waals surface area contributed by atoms with Gasteiger partial charge in [-0.15, -0.1) is 0 Å². The number of amides is 1. The molecule has 0 bridgehead atoms. The second-order valence-electron chi connectivity index (χ2n) is 4.64. The molecule has 0 fully saturated rings. The number of aromatic nitrogens is 2. The number of halogens is 1. The fourth-order valence-corrected chi connectivity index (χ4v) is 2.25. The second-order valence-corrected chi connectivity index (χ2v) is 5.07. The summed E-state index contributed by atoms with van der Waals surface area (Å²) in [6, 6.07) is 4.91. The molecule has 0 aliphatic rings. The molecule has 21 heavy (non-hydrogen) atoms. The first-order valence-corrected chi connectivity index (χ1v) is 7.02. The number of nitrogens with one attached hydrogen (secondary N) is 1. The van der Waals surface area contributed by atoms with E-state index in [-0.39, 0.29) is 18.0 Å². The topological polar surface area (TPSA) is 66.1 Å². The van der Waals surface area contributed by atoms with Gasteiger partial charge in [-0.05, 0) is 30.7 Å². The molecule has 2 rings (SSSR count). The average Bonchev–Trinajstić information content (AvgIpc) is 2.45. The van der Waals surface area contributed by atoms with Gasteiger partial charge in [-0.25, -0.2) is 4.98 Å². The highest BCUT2D eigenvalue weighted by atomic mass is 35.5. The second kappa shape index (κ2) is 6.54. The maximum atomic E-state index is 12.0. The van der Waals surface area contributed by atoms with E-state index in [1.165, 1.54) is 6.08 Å². The third kappa shape index (κ3) is 3.49. The molecule has 0 spiro atoms. The lowest BCUT2D eigenvalue weighted by Gasteiger charge is -2.19. The molecule has 1 heterocycles. The van der Waals surface area contributed by atoms with Crippen molar-refractivity contribution >= 4 is 28.4 Å². The zero-order chi connectivity index (χ0) is 15.4. The van der Waals surface area contributed by atoms with Crippen molar-refractivity contribution in [2.24, 2.45) is 0 Å². The van der Waals surface area contributed by atoms with Gasteiger partial charge in [-0.3, -0.25) is 9.59 Å². The normalized spacial score (nSPS) is 10.6. The van der Waals surface area contributed by atoms with Crippen molar-refractivity contribution < 1.29 is 4.79 Å². The van der Waals surface area contributed by atoms with E-state index < -0.39 is 0 Å². The summed E-state index contributed by atoms with van der Waals surface area (Å²) in [4.78, 5) is 32.5. The number of hydrogen-bond donors (Lipinski definition) is 1. The van der Waals surface area contributed by atoms with E-state index in [0.717, 1.165) is 6.42 Å². The summed E-state index contributed by atoms with van der Waals surface area (Å²) in [7, 11) is 0. The number of aromatic amines is 1. The number of fused-ring (bicyclic) bond motifs is 1. The van der Waals surface area contributed by atoms with Crippen LogP contribution in [0.2, 0.25) is 5.02 Å². The summed E-state index contributed by atoms with van der Waals surface area (Å²) in [6.45, 7) is 6.26. The van der Waals surface area contributed by atoms with E-state index in [0.29, 0.717) is 28.3 Å². The van der Waals surface area contributed by atoms with E-state index in [1.54, 1.807) is 23.1 Å². The first-order valence-electron chi connectivity index (χ1n) is 6.65. The van der Waals surface area contributed by atoms with Crippen LogP contribution in [0.3, 0.4) is 0 Å². The molecule has 0 aliphatic heterocycles. The van der Waals surface area contributed by atoms with E-state index in [4.69, 9.17) is 11.6 Å². The lowest BCUT2D eigenvalue weighted by Crippen LogP contribution is -2.31. The van der Waals surface area contributed by atoms with Crippen molar-refractivity contribution in [1.29, 1.82) is 0 Å². The molecular formula is C15H16ClN3O2. The van der Waals surface area contributed by atoms with Crippen molar-refractivity contribution in [3.8, 4) is 0 Å². The van der Waals surface area contributed by atoms with Crippen LogP contribution < -0.4 is 5.56 Å². The molecule has 1 N–H and O–H groups in total. The molecular weight excluding hydrogens is 290 g/mol. The molecule has 0 aliphatic carbocycles. The Balaban J connectivity index is 2.39. The Bertz CT molecular complexity index is 739. The number of hydrogen-bond acceptors (Lipinski definition) is 3. The van der Waals surface area contributed by atoms with Gasteiger partial charge in [0.1, 0.15) is 5.82 Å². The van der Waals surface area contributed by atoms with E-state index >= 15 is 0 Å². The lowest BCUT2D eigenvalue weighted by molar-refractivity contribution is -0.126. The van der Waals surface area contributed by atoms with Gasteiger partial charge in [0.05, 0.1) is 17.4 Å². The maximum absolute atomic E-state index is 12.0. The van der Waals surface area contributed by atoms with Crippen molar-refractivity contribution in [2.45, 2.75) is 19.9 Å². The molecule has 0 atom stereocenters. The fraction of sp³-hybridized carbons (Fsp3) is 0.267. The number of nitrogens with zero attached hydrogens (tertiary/aromatic N) is 2. The molecule has 0 saturated heterocycles. The molecule has 2 aromatic rings. The van der Waals surface area contributed by atoms with Crippen molar-refractivity contribution in [2.75, 3.05) is 6.54 Å². The van der Waals surface area contributed by atoms with Gasteiger partial charge in [-0.1, -0.05) is 25.1 Å². The van der Waals surface area contributed by atoms with Gasteiger partial charge < -0.3 is 9.88 Å². The van der Waals surface area contributed by atoms with Crippen LogP contribution in [-0.4, -0.2) is 27.3 Å². The molecule has 110 valence electrons. The largest absolute Gasteiger partial charge is 0.332 e. The Labute approximate surface area is 127 Å². The Morgan fingerprint density at radius 1 is 1.52 bits per heavy atom. The number of benzene rings is 1. The standard InChI is InChI=1S/C15H16ClN3O2/c1-3-7-19(14(20)4-2)9-13-17-12-8-10(16)5-6-11(12)15(21)18-13/h4-6,8H,2-3,7,9H2,1H3,(H,17,18,21). The van der Waals surface area contributed by atoms with Crippen LogP contribution in [0.1, 0.15) is 19.2 Å². The van der Waals surface area contributed by atoms with Gasteiger partial charge in [0.15, 0.2) is 0 Å². The molecule has 1 aromatic carbocycles. The minimum Gasteiger partial charge on any atom is -0.332 e. The molecule has 0 unspecified atom stereocenters. The summed E-state index contributed by atoms with van der Waals surface area (Å²) >= 11 is 5.92.